The lowest BCUT2D eigenvalue weighted by Gasteiger charge is -2.67. The van der Waals surface area contributed by atoms with E-state index in [9.17, 15) is 0 Å². The van der Waals surface area contributed by atoms with Crippen LogP contribution in [0.5, 0.6) is 0 Å². The Balaban J connectivity index is 1.34. The quantitative estimate of drug-likeness (QED) is 0.314. The predicted molar refractivity (Wildman–Crippen MR) is 179 cm³/mol. The molecule has 0 aliphatic heterocycles. The summed E-state index contributed by atoms with van der Waals surface area (Å²) < 4.78 is 0. The summed E-state index contributed by atoms with van der Waals surface area (Å²) >= 11 is 0. The molecule has 0 N–H and O–H groups in total. The normalized spacial score (nSPS) is 40.8. The third-order valence-corrected chi connectivity index (χ3v) is 19.7. The van der Waals surface area contributed by atoms with Gasteiger partial charge in [0.1, 0.15) is 0 Å². The molecule has 8 fully saturated rings. The summed E-state index contributed by atoms with van der Waals surface area (Å²) in [5.41, 5.74) is 5.68. The molecule has 4 heteroatoms. The maximum Gasteiger partial charge on any atom is 0.0908 e. The number of fused-ring (bicyclic) bond motifs is 1. The summed E-state index contributed by atoms with van der Waals surface area (Å²) in [7, 11) is -0.818. The number of aromatic nitrogens is 2. The molecule has 0 spiro atoms. The molecule has 0 amide bonds. The van der Waals surface area contributed by atoms with Crippen LogP contribution in [0.1, 0.15) is 118 Å². The van der Waals surface area contributed by atoms with E-state index in [1.165, 1.54) is 94.4 Å². The van der Waals surface area contributed by atoms with E-state index in [0.29, 0.717) is 15.7 Å². The van der Waals surface area contributed by atoms with Gasteiger partial charge in [-0.1, -0.05) is 46.8 Å². The largest absolute Gasteiger partial charge is 0.244 e. The van der Waals surface area contributed by atoms with Crippen molar-refractivity contribution in [1.82, 2.24) is 9.97 Å². The van der Waals surface area contributed by atoms with Crippen LogP contribution in [0.15, 0.2) is 24.3 Å². The fourth-order valence-electron chi connectivity index (χ4n) is 12.7. The van der Waals surface area contributed by atoms with E-state index in [4.69, 9.17) is 9.97 Å². The zero-order chi connectivity index (χ0) is 28.4. The Hall–Kier alpha value is -0.580. The molecule has 1 aromatic heterocycles. The lowest BCUT2D eigenvalue weighted by atomic mass is 9.55. The maximum absolute atomic E-state index is 5.90. The molecule has 0 saturated heterocycles. The minimum Gasteiger partial charge on any atom is -0.244 e. The van der Waals surface area contributed by atoms with Crippen LogP contribution in [-0.2, 0) is 0 Å². The van der Waals surface area contributed by atoms with Crippen LogP contribution >= 0.6 is 15.8 Å². The monoisotopic (exact) mass is 588 g/mol. The molecule has 1 aromatic carbocycles. The fourth-order valence-corrected chi connectivity index (χ4v) is 20.3. The zero-order valence-corrected chi connectivity index (χ0v) is 28.5. The van der Waals surface area contributed by atoms with Crippen molar-refractivity contribution < 1.29 is 0 Å². The van der Waals surface area contributed by atoms with Gasteiger partial charge in [-0.2, -0.15) is 0 Å². The van der Waals surface area contributed by atoms with Gasteiger partial charge in [0.2, 0.25) is 0 Å². The van der Waals surface area contributed by atoms with Crippen molar-refractivity contribution in [2.75, 3.05) is 6.66 Å². The molecular formula is C37H54N2P2. The molecule has 2 nitrogen and oxygen atoms in total. The number of hydrogen-bond donors (Lipinski definition) is 0. The first-order chi connectivity index (χ1) is 19.4. The van der Waals surface area contributed by atoms with Gasteiger partial charge < -0.3 is 0 Å². The second-order valence-electron chi connectivity index (χ2n) is 18.1. The lowest BCUT2D eigenvalue weighted by Crippen LogP contribution is -2.59. The highest BCUT2D eigenvalue weighted by Gasteiger charge is 2.64. The van der Waals surface area contributed by atoms with E-state index in [-0.39, 0.29) is 13.1 Å². The van der Waals surface area contributed by atoms with Gasteiger partial charge in [-0.3, -0.25) is 0 Å². The van der Waals surface area contributed by atoms with Crippen LogP contribution in [-0.4, -0.2) is 32.1 Å². The van der Waals surface area contributed by atoms with E-state index in [1.807, 2.05) is 0 Å². The van der Waals surface area contributed by atoms with Gasteiger partial charge in [-0.25, -0.2) is 9.97 Å². The summed E-state index contributed by atoms with van der Waals surface area (Å²) in [5, 5.41) is 1.31. The Kier molecular flexibility index (Phi) is 6.45. The number of rotatable bonds is 6. The molecule has 0 radical (unpaired) electrons. The third kappa shape index (κ3) is 4.70. The van der Waals surface area contributed by atoms with Crippen LogP contribution in [0.3, 0.4) is 0 Å². The molecule has 2 aromatic rings. The SMILES string of the molecule is C[P@](c1nc2ccccc2nc1P(C12CC3CC(CC(C3)C1)C2)C12CC3CC(CC(C3)C1)C2)C(C)(C)CC(C)(C)C. The first-order valence-electron chi connectivity index (χ1n) is 17.2. The zero-order valence-electron chi connectivity index (χ0n) is 26.8. The highest BCUT2D eigenvalue weighted by atomic mass is 31.1. The topological polar surface area (TPSA) is 25.8 Å². The Bertz CT molecular complexity index is 1220. The van der Waals surface area contributed by atoms with Gasteiger partial charge in [0, 0.05) is 0 Å². The average molecular weight is 589 g/mol. The molecule has 8 aliphatic carbocycles. The lowest BCUT2D eigenvalue weighted by molar-refractivity contribution is 0.0195. The summed E-state index contributed by atoms with van der Waals surface area (Å²) in [6.45, 7) is 15.0. The standard InChI is InChI=1S/C37H54N2P2/c1-34(2,3)23-35(4,5)40(6)32-33(39-31-10-8-7-9-30(31)38-32)41(36-17-24-11-25(18-36)13-26(12-24)19-36)37-20-27-14-28(21-37)16-29(15-27)22-37/h7-10,24-29H,11-23H2,1-6H3/t24?,25?,26?,27?,28?,29?,36?,37?,40-,41?/m1/s1. The van der Waals surface area contributed by atoms with Gasteiger partial charge in [0.25, 0.3) is 0 Å². The molecule has 8 aliphatic rings. The van der Waals surface area contributed by atoms with E-state index in [2.05, 4.69) is 65.5 Å². The summed E-state index contributed by atoms with van der Waals surface area (Å²) in [4.78, 5) is 11.6. The maximum atomic E-state index is 5.90. The molecule has 222 valence electrons. The number of hydrogen-bond acceptors (Lipinski definition) is 2. The van der Waals surface area contributed by atoms with Crippen LogP contribution in [0.2, 0.25) is 0 Å². The van der Waals surface area contributed by atoms with Gasteiger partial charge in [0.05, 0.1) is 21.9 Å². The van der Waals surface area contributed by atoms with Crippen molar-refractivity contribution in [2.45, 2.75) is 134 Å². The molecule has 8 saturated carbocycles. The third-order valence-electron chi connectivity index (χ3n) is 12.9. The number of benzene rings is 1. The van der Waals surface area contributed by atoms with Gasteiger partial charge >= 0.3 is 0 Å². The van der Waals surface area contributed by atoms with Crippen molar-refractivity contribution in [3.05, 3.63) is 24.3 Å². The van der Waals surface area contributed by atoms with E-state index in [0.717, 1.165) is 41.0 Å². The van der Waals surface area contributed by atoms with Crippen LogP contribution in [0, 0.1) is 40.9 Å². The van der Waals surface area contributed by atoms with Crippen molar-refractivity contribution in [3.63, 3.8) is 0 Å². The Labute approximate surface area is 252 Å². The fraction of sp³-hybridized carbons (Fsp3) is 0.784. The molecule has 0 unspecified atom stereocenters. The first-order valence-corrected chi connectivity index (χ1v) is 20.3. The van der Waals surface area contributed by atoms with Gasteiger partial charge in [-0.15, -0.1) is 0 Å². The van der Waals surface area contributed by atoms with E-state index >= 15 is 0 Å². The highest BCUT2D eigenvalue weighted by Crippen LogP contribution is 2.78. The summed E-state index contributed by atoms with van der Waals surface area (Å²) in [6, 6.07) is 8.91. The van der Waals surface area contributed by atoms with Crippen LogP contribution in [0.4, 0.5) is 0 Å². The van der Waals surface area contributed by atoms with E-state index in [1.54, 1.807) is 5.44 Å². The Morgan fingerprint density at radius 2 is 1.00 bits per heavy atom. The molecule has 41 heavy (non-hydrogen) atoms. The average Bonchev–Trinajstić information content (AvgIpc) is 2.84. The first kappa shape index (κ1) is 27.9. The van der Waals surface area contributed by atoms with Gasteiger partial charge in [-0.05, 0) is 175 Å². The number of para-hydroxylation sites is 2. The minimum absolute atomic E-state index is 0.239. The molecule has 1 heterocycles. The van der Waals surface area contributed by atoms with Crippen molar-refractivity contribution in [2.24, 2.45) is 40.9 Å². The molecule has 1 atom stereocenters. The second-order valence-corrected chi connectivity index (χ2v) is 23.8. The summed E-state index contributed by atoms with van der Waals surface area (Å²) in [5.74, 6) is 5.99. The second kappa shape index (κ2) is 9.46. The number of nitrogens with zero attached hydrogens (tertiary/aromatic N) is 2. The highest BCUT2D eigenvalue weighted by molar-refractivity contribution is 7.73. The summed E-state index contributed by atoms with van der Waals surface area (Å²) in [6.07, 6.45) is 19.6. The smallest absolute Gasteiger partial charge is 0.0908 e. The van der Waals surface area contributed by atoms with Crippen LogP contribution < -0.4 is 10.9 Å². The van der Waals surface area contributed by atoms with Gasteiger partial charge in [0.15, 0.2) is 0 Å². The molecule has 8 bridgehead atoms. The van der Waals surface area contributed by atoms with Crippen molar-refractivity contribution in [3.8, 4) is 0 Å². The Morgan fingerprint density at radius 3 is 1.37 bits per heavy atom. The molecular weight excluding hydrogens is 534 g/mol. The Morgan fingerprint density at radius 1 is 0.634 bits per heavy atom. The predicted octanol–water partition coefficient (Wildman–Crippen LogP) is 9.63. The van der Waals surface area contributed by atoms with Crippen molar-refractivity contribution >= 4 is 37.7 Å². The molecule has 10 rings (SSSR count). The minimum atomic E-state index is -0.450. The van der Waals surface area contributed by atoms with Crippen molar-refractivity contribution in [1.29, 1.82) is 0 Å². The van der Waals surface area contributed by atoms with Crippen LogP contribution in [0.25, 0.3) is 11.0 Å². The van der Waals surface area contributed by atoms with E-state index < -0.39 is 7.92 Å².